The highest BCUT2D eigenvalue weighted by Gasteiger charge is 2.25. The zero-order valence-corrected chi connectivity index (χ0v) is 10.7. The number of carbonyl (C=O) groups excluding carboxylic acids is 2. The van der Waals surface area contributed by atoms with Gasteiger partial charge in [0.25, 0.3) is 5.91 Å². The summed E-state index contributed by atoms with van der Waals surface area (Å²) >= 11 is 0. The summed E-state index contributed by atoms with van der Waals surface area (Å²) in [5, 5.41) is 10.9. The number of amides is 2. The third kappa shape index (κ3) is 4.02. The molecule has 2 amide bonds. The quantitative estimate of drug-likeness (QED) is 0.845. The number of primary amides is 1. The van der Waals surface area contributed by atoms with Crippen LogP contribution in [-0.4, -0.2) is 17.9 Å². The second-order valence-electron chi connectivity index (χ2n) is 4.35. The SMILES string of the molecule is C[C@H](CC#N)[C@@H](NC(=O)c1cc(F)cc(F)c1)C(N)=O. The summed E-state index contributed by atoms with van der Waals surface area (Å²) in [6.45, 7) is 1.56. The van der Waals surface area contributed by atoms with E-state index in [-0.39, 0.29) is 12.0 Å². The van der Waals surface area contributed by atoms with Crippen molar-refractivity contribution in [2.45, 2.75) is 19.4 Å². The lowest BCUT2D eigenvalue weighted by Crippen LogP contribution is -2.48. The fraction of sp³-hybridized carbons (Fsp3) is 0.308. The predicted octanol–water partition coefficient (Wildman–Crippen LogP) is 1.10. The van der Waals surface area contributed by atoms with Crippen molar-refractivity contribution in [1.82, 2.24) is 5.32 Å². The van der Waals surface area contributed by atoms with Crippen LogP contribution >= 0.6 is 0 Å². The van der Waals surface area contributed by atoms with Gasteiger partial charge in [0, 0.05) is 18.1 Å². The summed E-state index contributed by atoms with van der Waals surface area (Å²) in [4.78, 5) is 23.1. The predicted molar refractivity (Wildman–Crippen MR) is 66.2 cm³/mol. The van der Waals surface area contributed by atoms with Crippen LogP contribution in [0.25, 0.3) is 0 Å². The first-order valence-electron chi connectivity index (χ1n) is 5.78. The van der Waals surface area contributed by atoms with Crippen molar-refractivity contribution in [2.24, 2.45) is 11.7 Å². The van der Waals surface area contributed by atoms with Crippen LogP contribution in [0.4, 0.5) is 8.78 Å². The Bertz CT molecular complexity index is 549. The summed E-state index contributed by atoms with van der Waals surface area (Å²) in [7, 11) is 0. The van der Waals surface area contributed by atoms with Crippen LogP contribution in [0.2, 0.25) is 0 Å². The van der Waals surface area contributed by atoms with Gasteiger partial charge in [0.15, 0.2) is 0 Å². The summed E-state index contributed by atoms with van der Waals surface area (Å²) in [5.74, 6) is -3.98. The number of rotatable bonds is 5. The number of hydrogen-bond donors (Lipinski definition) is 2. The Labute approximate surface area is 114 Å². The second kappa shape index (κ2) is 6.61. The van der Waals surface area contributed by atoms with Gasteiger partial charge in [-0.3, -0.25) is 9.59 Å². The third-order valence-electron chi connectivity index (χ3n) is 2.70. The summed E-state index contributed by atoms with van der Waals surface area (Å²) < 4.78 is 26.0. The molecule has 1 aromatic carbocycles. The highest BCUT2D eigenvalue weighted by atomic mass is 19.1. The van der Waals surface area contributed by atoms with Crippen LogP contribution in [0.15, 0.2) is 18.2 Å². The molecule has 0 bridgehead atoms. The van der Waals surface area contributed by atoms with Gasteiger partial charge in [0.1, 0.15) is 17.7 Å². The van der Waals surface area contributed by atoms with Gasteiger partial charge in [-0.25, -0.2) is 8.78 Å². The number of nitrogens with zero attached hydrogens (tertiary/aromatic N) is 1. The fourth-order valence-electron chi connectivity index (χ4n) is 1.67. The van der Waals surface area contributed by atoms with E-state index in [0.717, 1.165) is 12.1 Å². The topological polar surface area (TPSA) is 96.0 Å². The molecule has 0 aliphatic carbocycles. The van der Waals surface area contributed by atoms with Crippen molar-refractivity contribution in [2.75, 3.05) is 0 Å². The average molecular weight is 281 g/mol. The molecule has 20 heavy (non-hydrogen) atoms. The van der Waals surface area contributed by atoms with Crippen LogP contribution in [0.5, 0.6) is 0 Å². The maximum absolute atomic E-state index is 13.0. The highest BCUT2D eigenvalue weighted by Crippen LogP contribution is 2.11. The molecule has 0 aliphatic rings. The molecule has 0 radical (unpaired) electrons. The molecule has 0 spiro atoms. The monoisotopic (exact) mass is 281 g/mol. The van der Waals surface area contributed by atoms with E-state index in [0.29, 0.717) is 6.07 Å². The Morgan fingerprint density at radius 1 is 1.35 bits per heavy atom. The standard InChI is InChI=1S/C13H13F2N3O2/c1-7(2-3-16)11(12(17)19)18-13(20)8-4-9(14)6-10(15)5-8/h4-7,11H,2H2,1H3,(H2,17,19)(H,18,20)/t7-,11-/m1/s1. The fourth-order valence-corrected chi connectivity index (χ4v) is 1.67. The number of nitriles is 1. The summed E-state index contributed by atoms with van der Waals surface area (Å²) in [6, 6.07) is 3.07. The molecule has 0 fully saturated rings. The second-order valence-corrected chi connectivity index (χ2v) is 4.35. The van der Waals surface area contributed by atoms with Crippen LogP contribution in [0, 0.1) is 28.9 Å². The van der Waals surface area contributed by atoms with Gasteiger partial charge in [-0.2, -0.15) is 5.26 Å². The zero-order chi connectivity index (χ0) is 15.3. The van der Waals surface area contributed by atoms with Gasteiger partial charge >= 0.3 is 0 Å². The van der Waals surface area contributed by atoms with Gasteiger partial charge in [-0.15, -0.1) is 0 Å². The van der Waals surface area contributed by atoms with Crippen molar-refractivity contribution in [3.8, 4) is 6.07 Å². The molecule has 0 unspecified atom stereocenters. The van der Waals surface area contributed by atoms with Crippen LogP contribution in [0.3, 0.4) is 0 Å². The minimum atomic E-state index is -1.09. The smallest absolute Gasteiger partial charge is 0.252 e. The molecule has 1 aromatic rings. The lowest BCUT2D eigenvalue weighted by molar-refractivity contribution is -0.120. The van der Waals surface area contributed by atoms with Gasteiger partial charge in [0.2, 0.25) is 5.91 Å². The molecule has 0 saturated carbocycles. The van der Waals surface area contributed by atoms with Gasteiger partial charge in [-0.1, -0.05) is 6.92 Å². The van der Waals surface area contributed by atoms with E-state index in [2.05, 4.69) is 5.32 Å². The molecule has 3 N–H and O–H groups in total. The Morgan fingerprint density at radius 3 is 2.35 bits per heavy atom. The molecule has 0 saturated heterocycles. The maximum atomic E-state index is 13.0. The number of nitrogens with one attached hydrogen (secondary N) is 1. The summed E-state index contributed by atoms with van der Waals surface area (Å²) in [5.41, 5.74) is 4.88. The Morgan fingerprint density at radius 2 is 1.90 bits per heavy atom. The van der Waals surface area contributed by atoms with Gasteiger partial charge in [0.05, 0.1) is 6.07 Å². The molecule has 2 atom stereocenters. The van der Waals surface area contributed by atoms with Crippen molar-refractivity contribution >= 4 is 11.8 Å². The molecule has 0 aromatic heterocycles. The minimum absolute atomic E-state index is 0.00536. The van der Waals surface area contributed by atoms with Crippen molar-refractivity contribution in [3.05, 3.63) is 35.4 Å². The largest absolute Gasteiger partial charge is 0.368 e. The molecule has 5 nitrogen and oxygen atoms in total. The Hall–Kier alpha value is -2.49. The van der Waals surface area contributed by atoms with E-state index in [1.165, 1.54) is 0 Å². The number of halogens is 2. The molecular weight excluding hydrogens is 268 g/mol. The number of benzene rings is 1. The number of carbonyl (C=O) groups is 2. The van der Waals surface area contributed by atoms with E-state index < -0.39 is 35.4 Å². The normalized spacial score (nSPS) is 13.1. The molecule has 7 heteroatoms. The average Bonchev–Trinajstić information content (AvgIpc) is 2.34. The van der Waals surface area contributed by atoms with Crippen molar-refractivity contribution < 1.29 is 18.4 Å². The van der Waals surface area contributed by atoms with Crippen LogP contribution in [-0.2, 0) is 4.79 Å². The lowest BCUT2D eigenvalue weighted by atomic mass is 9.98. The number of nitrogens with two attached hydrogens (primary N) is 1. The van der Waals surface area contributed by atoms with E-state index in [1.54, 1.807) is 6.92 Å². The first-order chi connectivity index (χ1) is 9.35. The van der Waals surface area contributed by atoms with Gasteiger partial charge in [-0.05, 0) is 18.1 Å². The third-order valence-corrected chi connectivity index (χ3v) is 2.70. The Balaban J connectivity index is 2.91. The number of hydrogen-bond acceptors (Lipinski definition) is 3. The molecule has 0 aliphatic heterocycles. The van der Waals surface area contributed by atoms with Crippen LogP contribution < -0.4 is 11.1 Å². The molecule has 1 rings (SSSR count). The van der Waals surface area contributed by atoms with Crippen LogP contribution in [0.1, 0.15) is 23.7 Å². The highest BCUT2D eigenvalue weighted by molar-refractivity contribution is 5.97. The lowest BCUT2D eigenvalue weighted by Gasteiger charge is -2.20. The summed E-state index contributed by atoms with van der Waals surface area (Å²) in [6.07, 6.45) is 0.00536. The van der Waals surface area contributed by atoms with E-state index in [4.69, 9.17) is 11.0 Å². The van der Waals surface area contributed by atoms with Gasteiger partial charge < -0.3 is 11.1 Å². The first-order valence-corrected chi connectivity index (χ1v) is 5.78. The van der Waals surface area contributed by atoms with E-state index in [9.17, 15) is 18.4 Å². The van der Waals surface area contributed by atoms with Crippen molar-refractivity contribution in [1.29, 1.82) is 5.26 Å². The first kappa shape index (κ1) is 15.6. The maximum Gasteiger partial charge on any atom is 0.252 e. The minimum Gasteiger partial charge on any atom is -0.368 e. The van der Waals surface area contributed by atoms with E-state index >= 15 is 0 Å². The molecule has 106 valence electrons. The molecular formula is C13H13F2N3O2. The zero-order valence-electron chi connectivity index (χ0n) is 10.7. The Kier molecular flexibility index (Phi) is 5.15. The molecule has 0 heterocycles. The van der Waals surface area contributed by atoms with Crippen molar-refractivity contribution in [3.63, 3.8) is 0 Å². The van der Waals surface area contributed by atoms with E-state index in [1.807, 2.05) is 6.07 Å².